The number of aromatic nitrogens is 1. The van der Waals surface area contributed by atoms with Gasteiger partial charge in [0.05, 0.1) is 5.52 Å². The van der Waals surface area contributed by atoms with Gasteiger partial charge in [-0.3, -0.25) is 4.98 Å². The van der Waals surface area contributed by atoms with E-state index in [4.69, 9.17) is 10.2 Å². The molecule has 98 valence electrons. The minimum absolute atomic E-state index is 0.401. The van der Waals surface area contributed by atoms with Crippen LogP contribution in [0, 0.1) is 0 Å². The first kappa shape index (κ1) is 12.9. The Hall–Kier alpha value is -1.59. The number of rotatable bonds is 7. The quantitative estimate of drug-likeness (QED) is 0.639. The first-order valence-electron chi connectivity index (χ1n) is 6.32. The Morgan fingerprint density at radius 3 is 3.00 bits per heavy atom. The van der Waals surface area contributed by atoms with Gasteiger partial charge in [0.2, 0.25) is 0 Å². The molecule has 18 heavy (non-hydrogen) atoms. The number of hydrogen-bond donors (Lipinski definition) is 3. The molecule has 1 aromatic heterocycles. The molecule has 0 amide bonds. The lowest BCUT2D eigenvalue weighted by atomic mass is 10.1. The molecule has 0 radical (unpaired) electrons. The van der Waals surface area contributed by atoms with Crippen LogP contribution in [0.3, 0.4) is 0 Å². The number of unbranched alkanes of at least 4 members (excludes halogenated alkanes) is 1. The van der Waals surface area contributed by atoms with Crippen molar-refractivity contribution in [1.29, 1.82) is 0 Å². The number of nitrogens with one attached hydrogen (secondary N) is 2. The van der Waals surface area contributed by atoms with E-state index in [1.165, 1.54) is 5.56 Å². The molecule has 1 heterocycles. The summed E-state index contributed by atoms with van der Waals surface area (Å²) in [5.74, 6) is -0.401. The third kappa shape index (κ3) is 3.45. The summed E-state index contributed by atoms with van der Waals surface area (Å²) >= 11 is 0. The van der Waals surface area contributed by atoms with Gasteiger partial charge in [-0.25, -0.2) is 4.79 Å². The van der Waals surface area contributed by atoms with Crippen molar-refractivity contribution in [2.24, 2.45) is 5.73 Å². The highest BCUT2D eigenvalue weighted by Gasteiger charge is 2.01. The number of oxazole rings is 1. The Morgan fingerprint density at radius 2 is 2.17 bits per heavy atom. The molecule has 2 rings (SSSR count). The number of hydrogen-bond acceptors (Lipinski definition) is 4. The fourth-order valence-electron chi connectivity index (χ4n) is 1.91. The molecule has 0 aliphatic carbocycles. The summed E-state index contributed by atoms with van der Waals surface area (Å²) in [6.07, 6.45) is 3.12. The number of fused-ring (bicyclic) bond motifs is 1. The van der Waals surface area contributed by atoms with Crippen LogP contribution in [0.5, 0.6) is 0 Å². The molecule has 0 aliphatic rings. The standard InChI is InChI=1S/C13H19N3O2/c14-6-1-2-7-15-8-5-10-3-4-12-11(9-10)16-13(17)18-12/h3-4,9,15H,1-2,5-8,14H2,(H,16,17). The Bertz CT molecular complexity index is 544. The van der Waals surface area contributed by atoms with Crippen LogP contribution in [0.25, 0.3) is 11.1 Å². The van der Waals surface area contributed by atoms with Gasteiger partial charge in [0, 0.05) is 0 Å². The van der Waals surface area contributed by atoms with Crippen molar-refractivity contribution in [1.82, 2.24) is 10.3 Å². The molecule has 0 bridgehead atoms. The molecular formula is C13H19N3O2. The lowest BCUT2D eigenvalue weighted by Gasteiger charge is -2.04. The van der Waals surface area contributed by atoms with Crippen molar-refractivity contribution >= 4 is 11.1 Å². The highest BCUT2D eigenvalue weighted by molar-refractivity contribution is 5.72. The fourth-order valence-corrected chi connectivity index (χ4v) is 1.91. The topological polar surface area (TPSA) is 84.0 Å². The summed E-state index contributed by atoms with van der Waals surface area (Å²) in [7, 11) is 0. The van der Waals surface area contributed by atoms with Crippen LogP contribution in [-0.4, -0.2) is 24.6 Å². The molecule has 0 unspecified atom stereocenters. The predicted octanol–water partition coefficient (Wildman–Crippen LogP) is 0.992. The number of aromatic amines is 1. The van der Waals surface area contributed by atoms with Crippen molar-refractivity contribution in [3.05, 3.63) is 34.3 Å². The lowest BCUT2D eigenvalue weighted by Crippen LogP contribution is -2.19. The van der Waals surface area contributed by atoms with Crippen LogP contribution in [0.15, 0.2) is 27.4 Å². The van der Waals surface area contributed by atoms with Crippen molar-refractivity contribution < 1.29 is 4.42 Å². The SMILES string of the molecule is NCCCCNCCc1ccc2oc(=O)[nH]c2c1. The zero-order chi connectivity index (χ0) is 12.8. The van der Waals surface area contributed by atoms with Gasteiger partial charge >= 0.3 is 5.76 Å². The van der Waals surface area contributed by atoms with E-state index < -0.39 is 5.76 Å². The Labute approximate surface area is 105 Å². The van der Waals surface area contributed by atoms with Gasteiger partial charge < -0.3 is 15.5 Å². The molecule has 0 saturated carbocycles. The molecule has 0 spiro atoms. The van der Waals surface area contributed by atoms with Crippen LogP contribution in [-0.2, 0) is 6.42 Å². The average Bonchev–Trinajstić information content (AvgIpc) is 2.73. The minimum atomic E-state index is -0.401. The average molecular weight is 249 g/mol. The molecule has 5 heteroatoms. The van der Waals surface area contributed by atoms with Crippen molar-refractivity contribution in [3.8, 4) is 0 Å². The van der Waals surface area contributed by atoms with Gasteiger partial charge in [0.15, 0.2) is 5.58 Å². The van der Waals surface area contributed by atoms with Gasteiger partial charge in [0.25, 0.3) is 0 Å². The second-order valence-corrected chi connectivity index (χ2v) is 4.34. The van der Waals surface area contributed by atoms with Gasteiger partial charge in [-0.05, 0) is 56.6 Å². The monoisotopic (exact) mass is 249 g/mol. The van der Waals surface area contributed by atoms with Crippen LogP contribution in [0.2, 0.25) is 0 Å². The molecule has 0 fully saturated rings. The Morgan fingerprint density at radius 1 is 1.28 bits per heavy atom. The molecule has 0 saturated heterocycles. The zero-order valence-corrected chi connectivity index (χ0v) is 10.4. The highest BCUT2D eigenvalue weighted by Crippen LogP contribution is 2.12. The molecular weight excluding hydrogens is 230 g/mol. The molecule has 5 nitrogen and oxygen atoms in total. The van der Waals surface area contributed by atoms with Gasteiger partial charge in [-0.2, -0.15) is 0 Å². The van der Waals surface area contributed by atoms with E-state index in [0.717, 1.165) is 44.4 Å². The summed E-state index contributed by atoms with van der Waals surface area (Å²) in [5, 5.41) is 3.37. The van der Waals surface area contributed by atoms with E-state index in [1.54, 1.807) is 0 Å². The highest BCUT2D eigenvalue weighted by atomic mass is 16.4. The van der Waals surface area contributed by atoms with Gasteiger partial charge in [0.1, 0.15) is 0 Å². The third-order valence-corrected chi connectivity index (χ3v) is 2.88. The van der Waals surface area contributed by atoms with E-state index >= 15 is 0 Å². The molecule has 0 atom stereocenters. The first-order chi connectivity index (χ1) is 8.79. The maximum absolute atomic E-state index is 11.0. The second-order valence-electron chi connectivity index (χ2n) is 4.34. The van der Waals surface area contributed by atoms with Crippen LogP contribution in [0.4, 0.5) is 0 Å². The maximum Gasteiger partial charge on any atom is 0.417 e. The zero-order valence-electron chi connectivity index (χ0n) is 10.4. The number of H-pyrrole nitrogens is 1. The van der Waals surface area contributed by atoms with E-state index in [9.17, 15) is 4.79 Å². The van der Waals surface area contributed by atoms with E-state index in [1.807, 2.05) is 18.2 Å². The second kappa shape index (κ2) is 6.37. The minimum Gasteiger partial charge on any atom is -0.408 e. The van der Waals surface area contributed by atoms with Crippen LogP contribution < -0.4 is 16.8 Å². The summed E-state index contributed by atoms with van der Waals surface area (Å²) in [4.78, 5) is 13.7. The van der Waals surface area contributed by atoms with Crippen molar-refractivity contribution in [3.63, 3.8) is 0 Å². The maximum atomic E-state index is 11.0. The van der Waals surface area contributed by atoms with Crippen molar-refractivity contribution in [2.45, 2.75) is 19.3 Å². The predicted molar refractivity (Wildman–Crippen MR) is 71.7 cm³/mol. The summed E-state index contributed by atoms with van der Waals surface area (Å²) in [5.41, 5.74) is 7.98. The fraction of sp³-hybridized carbons (Fsp3) is 0.462. The molecule has 2 aromatic rings. The molecule has 1 aromatic carbocycles. The van der Waals surface area contributed by atoms with Crippen LogP contribution >= 0.6 is 0 Å². The molecule has 0 aliphatic heterocycles. The van der Waals surface area contributed by atoms with Gasteiger partial charge in [-0.15, -0.1) is 0 Å². The first-order valence-corrected chi connectivity index (χ1v) is 6.32. The summed E-state index contributed by atoms with van der Waals surface area (Å²) in [6.45, 7) is 2.69. The normalized spacial score (nSPS) is 11.2. The lowest BCUT2D eigenvalue weighted by molar-refractivity contribution is 0.555. The van der Waals surface area contributed by atoms with E-state index in [-0.39, 0.29) is 0 Å². The van der Waals surface area contributed by atoms with Gasteiger partial charge in [-0.1, -0.05) is 6.07 Å². The van der Waals surface area contributed by atoms with E-state index in [0.29, 0.717) is 5.58 Å². The molecule has 4 N–H and O–H groups in total. The Kier molecular flexibility index (Phi) is 4.55. The number of nitrogens with two attached hydrogens (primary N) is 1. The summed E-state index contributed by atoms with van der Waals surface area (Å²) < 4.78 is 4.95. The third-order valence-electron chi connectivity index (χ3n) is 2.88. The van der Waals surface area contributed by atoms with Crippen LogP contribution in [0.1, 0.15) is 18.4 Å². The van der Waals surface area contributed by atoms with E-state index in [2.05, 4.69) is 10.3 Å². The largest absolute Gasteiger partial charge is 0.417 e. The van der Waals surface area contributed by atoms with Crippen molar-refractivity contribution in [2.75, 3.05) is 19.6 Å². The smallest absolute Gasteiger partial charge is 0.408 e. The Balaban J connectivity index is 1.82. The summed E-state index contributed by atoms with van der Waals surface area (Å²) in [6, 6.07) is 5.78. The number of benzene rings is 1.